The molecule has 0 bridgehead atoms. The standard InChI is InChI=1S/C10H19N3O/c1-12-4-10(14)13-5-7-2-3-9(11)8(7)6-13/h7-9,12H,2-6,11H2,1H3. The van der Waals surface area contributed by atoms with Crippen LogP contribution >= 0.6 is 0 Å². The average molecular weight is 197 g/mol. The molecule has 14 heavy (non-hydrogen) atoms. The Morgan fingerprint density at radius 2 is 2.29 bits per heavy atom. The van der Waals surface area contributed by atoms with Crippen molar-refractivity contribution in [3.05, 3.63) is 0 Å². The molecule has 2 aliphatic rings. The quantitative estimate of drug-likeness (QED) is 0.621. The van der Waals surface area contributed by atoms with E-state index in [0.29, 0.717) is 24.4 Å². The number of nitrogens with two attached hydrogens (primary N) is 1. The Morgan fingerprint density at radius 1 is 1.50 bits per heavy atom. The van der Waals surface area contributed by atoms with Crippen molar-refractivity contribution < 1.29 is 4.79 Å². The number of nitrogens with one attached hydrogen (secondary N) is 1. The molecule has 4 nitrogen and oxygen atoms in total. The Bertz CT molecular complexity index is 231. The van der Waals surface area contributed by atoms with E-state index in [1.54, 1.807) is 7.05 Å². The van der Waals surface area contributed by atoms with Gasteiger partial charge in [-0.1, -0.05) is 0 Å². The number of amides is 1. The van der Waals surface area contributed by atoms with E-state index < -0.39 is 0 Å². The molecule has 80 valence electrons. The van der Waals surface area contributed by atoms with E-state index in [9.17, 15) is 4.79 Å². The van der Waals surface area contributed by atoms with Crippen LogP contribution in [0.3, 0.4) is 0 Å². The zero-order valence-electron chi connectivity index (χ0n) is 8.70. The minimum absolute atomic E-state index is 0.217. The molecule has 0 aromatic carbocycles. The fourth-order valence-electron chi connectivity index (χ4n) is 2.77. The second-order valence-electron chi connectivity index (χ2n) is 4.49. The zero-order chi connectivity index (χ0) is 10.1. The Morgan fingerprint density at radius 3 is 2.93 bits per heavy atom. The van der Waals surface area contributed by atoms with E-state index >= 15 is 0 Å². The van der Waals surface area contributed by atoms with Gasteiger partial charge in [-0.25, -0.2) is 0 Å². The van der Waals surface area contributed by atoms with E-state index in [1.165, 1.54) is 6.42 Å². The highest BCUT2D eigenvalue weighted by molar-refractivity contribution is 5.78. The molecule has 1 aliphatic heterocycles. The van der Waals surface area contributed by atoms with Gasteiger partial charge in [0, 0.05) is 19.1 Å². The first-order valence-corrected chi connectivity index (χ1v) is 5.40. The highest BCUT2D eigenvalue weighted by Crippen LogP contribution is 2.36. The Hall–Kier alpha value is -0.610. The largest absolute Gasteiger partial charge is 0.341 e. The number of carbonyl (C=O) groups is 1. The number of rotatable bonds is 2. The minimum Gasteiger partial charge on any atom is -0.341 e. The maximum absolute atomic E-state index is 11.6. The van der Waals surface area contributed by atoms with Crippen LogP contribution in [0.25, 0.3) is 0 Å². The molecule has 0 aromatic heterocycles. The molecular weight excluding hydrogens is 178 g/mol. The lowest BCUT2D eigenvalue weighted by molar-refractivity contribution is -0.129. The Balaban J connectivity index is 1.92. The summed E-state index contributed by atoms with van der Waals surface area (Å²) in [4.78, 5) is 13.6. The second-order valence-corrected chi connectivity index (χ2v) is 4.49. The Labute approximate surface area is 84.8 Å². The van der Waals surface area contributed by atoms with Gasteiger partial charge in [-0.2, -0.15) is 0 Å². The number of hydrogen-bond acceptors (Lipinski definition) is 3. The highest BCUT2D eigenvalue weighted by atomic mass is 16.2. The molecule has 2 rings (SSSR count). The van der Waals surface area contributed by atoms with E-state index in [4.69, 9.17) is 5.73 Å². The van der Waals surface area contributed by atoms with Crippen LogP contribution in [0.15, 0.2) is 0 Å². The first kappa shape index (κ1) is 9.93. The number of nitrogens with zero attached hydrogens (tertiary/aromatic N) is 1. The van der Waals surface area contributed by atoms with Gasteiger partial charge in [-0.05, 0) is 31.7 Å². The van der Waals surface area contributed by atoms with Crippen LogP contribution in [0.4, 0.5) is 0 Å². The van der Waals surface area contributed by atoms with Crippen molar-refractivity contribution in [3.63, 3.8) is 0 Å². The smallest absolute Gasteiger partial charge is 0.236 e. The van der Waals surface area contributed by atoms with Crippen molar-refractivity contribution in [1.82, 2.24) is 10.2 Å². The highest BCUT2D eigenvalue weighted by Gasteiger charge is 2.42. The third-order valence-electron chi connectivity index (χ3n) is 3.59. The fraction of sp³-hybridized carbons (Fsp3) is 0.900. The summed E-state index contributed by atoms with van der Waals surface area (Å²) in [5.74, 6) is 1.45. The summed E-state index contributed by atoms with van der Waals surface area (Å²) in [5, 5.41) is 2.90. The number of carbonyl (C=O) groups excluding carboxylic acids is 1. The third-order valence-corrected chi connectivity index (χ3v) is 3.59. The predicted molar refractivity (Wildman–Crippen MR) is 54.7 cm³/mol. The fourth-order valence-corrected chi connectivity index (χ4v) is 2.77. The van der Waals surface area contributed by atoms with Crippen molar-refractivity contribution in [2.75, 3.05) is 26.7 Å². The summed E-state index contributed by atoms with van der Waals surface area (Å²) in [5.41, 5.74) is 6.00. The monoisotopic (exact) mass is 197 g/mol. The third kappa shape index (κ3) is 1.64. The van der Waals surface area contributed by atoms with Crippen molar-refractivity contribution in [3.8, 4) is 0 Å². The lowest BCUT2D eigenvalue weighted by Gasteiger charge is -2.18. The van der Waals surface area contributed by atoms with Crippen molar-refractivity contribution in [2.45, 2.75) is 18.9 Å². The maximum atomic E-state index is 11.6. The summed E-state index contributed by atoms with van der Waals surface area (Å²) in [7, 11) is 1.81. The van der Waals surface area contributed by atoms with Crippen LogP contribution in [-0.4, -0.2) is 43.5 Å². The molecule has 1 saturated heterocycles. The van der Waals surface area contributed by atoms with Gasteiger partial charge in [0.2, 0.25) is 5.91 Å². The van der Waals surface area contributed by atoms with Gasteiger partial charge in [0.15, 0.2) is 0 Å². The summed E-state index contributed by atoms with van der Waals surface area (Å²) in [6.07, 6.45) is 2.35. The number of fused-ring (bicyclic) bond motifs is 1. The first-order chi connectivity index (χ1) is 6.72. The summed E-state index contributed by atoms with van der Waals surface area (Å²) >= 11 is 0. The van der Waals surface area contributed by atoms with E-state index in [2.05, 4.69) is 5.32 Å². The molecular formula is C10H19N3O. The van der Waals surface area contributed by atoms with Gasteiger partial charge in [-0.3, -0.25) is 4.79 Å². The van der Waals surface area contributed by atoms with Crippen molar-refractivity contribution in [1.29, 1.82) is 0 Å². The molecule has 3 atom stereocenters. The molecule has 0 radical (unpaired) electrons. The normalized spacial score (nSPS) is 36.1. The van der Waals surface area contributed by atoms with Gasteiger partial charge in [-0.15, -0.1) is 0 Å². The molecule has 3 unspecified atom stereocenters. The zero-order valence-corrected chi connectivity index (χ0v) is 8.70. The van der Waals surface area contributed by atoms with Gasteiger partial charge in [0.25, 0.3) is 0 Å². The van der Waals surface area contributed by atoms with Crippen LogP contribution in [-0.2, 0) is 4.79 Å². The average Bonchev–Trinajstić information content (AvgIpc) is 2.69. The van der Waals surface area contributed by atoms with Crippen LogP contribution in [0.2, 0.25) is 0 Å². The van der Waals surface area contributed by atoms with E-state index in [1.807, 2.05) is 4.90 Å². The minimum atomic E-state index is 0.217. The molecule has 4 heteroatoms. The molecule has 1 aliphatic carbocycles. The Kier molecular flexibility index (Phi) is 2.74. The molecule has 2 fully saturated rings. The number of hydrogen-bond donors (Lipinski definition) is 2. The molecule has 3 N–H and O–H groups in total. The van der Waals surface area contributed by atoms with E-state index in [0.717, 1.165) is 19.5 Å². The van der Waals surface area contributed by atoms with Gasteiger partial charge in [0.1, 0.15) is 0 Å². The van der Waals surface area contributed by atoms with Gasteiger partial charge in [0.05, 0.1) is 6.54 Å². The molecule has 0 spiro atoms. The van der Waals surface area contributed by atoms with Crippen LogP contribution in [0, 0.1) is 11.8 Å². The van der Waals surface area contributed by atoms with Crippen LogP contribution in [0.5, 0.6) is 0 Å². The topological polar surface area (TPSA) is 58.4 Å². The number of likely N-dealkylation sites (tertiary alicyclic amines) is 1. The van der Waals surface area contributed by atoms with Gasteiger partial charge < -0.3 is 16.0 Å². The van der Waals surface area contributed by atoms with Crippen LogP contribution in [0.1, 0.15) is 12.8 Å². The second kappa shape index (κ2) is 3.87. The predicted octanol–water partition coefficient (Wildman–Crippen LogP) is -0.598. The molecule has 1 saturated carbocycles. The molecule has 1 amide bonds. The maximum Gasteiger partial charge on any atom is 0.236 e. The lowest BCUT2D eigenvalue weighted by Crippen LogP contribution is -2.37. The first-order valence-electron chi connectivity index (χ1n) is 5.40. The summed E-state index contributed by atoms with van der Waals surface area (Å²) < 4.78 is 0. The summed E-state index contributed by atoms with van der Waals surface area (Å²) in [6.45, 7) is 2.26. The van der Waals surface area contributed by atoms with E-state index in [-0.39, 0.29) is 5.91 Å². The van der Waals surface area contributed by atoms with Crippen molar-refractivity contribution >= 4 is 5.91 Å². The lowest BCUT2D eigenvalue weighted by atomic mass is 9.98. The summed E-state index contributed by atoms with van der Waals surface area (Å²) in [6, 6.07) is 0.326. The number of likely N-dealkylation sites (N-methyl/N-ethyl adjacent to an activating group) is 1. The SMILES string of the molecule is CNCC(=O)N1CC2CCC(N)C2C1. The molecule has 0 aromatic rings. The molecule has 1 heterocycles. The van der Waals surface area contributed by atoms with Crippen LogP contribution < -0.4 is 11.1 Å². The van der Waals surface area contributed by atoms with Crippen molar-refractivity contribution in [2.24, 2.45) is 17.6 Å². The van der Waals surface area contributed by atoms with Gasteiger partial charge >= 0.3 is 0 Å².